The van der Waals surface area contributed by atoms with E-state index in [0.29, 0.717) is 19.3 Å². The molecule has 1 aliphatic heterocycles. The number of carboxylic acid groups (broad SMARTS) is 1. The Morgan fingerprint density at radius 1 is 0.538 bits per heavy atom. The highest BCUT2D eigenvalue weighted by molar-refractivity contribution is 5.74. The third-order valence-electron chi connectivity index (χ3n) is 10.8. The lowest BCUT2D eigenvalue weighted by Crippen LogP contribution is -2.61. The molecule has 0 spiro atoms. The van der Waals surface area contributed by atoms with Crippen molar-refractivity contribution in [2.45, 2.75) is 225 Å². The van der Waals surface area contributed by atoms with Crippen LogP contribution in [0.4, 0.5) is 0 Å². The van der Waals surface area contributed by atoms with Crippen LogP contribution in [-0.2, 0) is 42.9 Å². The van der Waals surface area contributed by atoms with Crippen LogP contribution in [0.25, 0.3) is 0 Å². The van der Waals surface area contributed by atoms with Crippen LogP contribution in [0.2, 0.25) is 0 Å². The topological polar surface area (TPSA) is 175 Å². The molecule has 0 amide bonds. The van der Waals surface area contributed by atoms with Gasteiger partial charge in [-0.25, -0.2) is 4.79 Å². The summed E-state index contributed by atoms with van der Waals surface area (Å²) in [4.78, 5) is 50.6. The van der Waals surface area contributed by atoms with E-state index in [2.05, 4.69) is 69.4 Å². The number of carbonyl (C=O) groups is 4. The first-order valence-corrected chi connectivity index (χ1v) is 24.9. The molecule has 65 heavy (non-hydrogen) atoms. The molecule has 3 N–H and O–H groups in total. The van der Waals surface area contributed by atoms with E-state index in [9.17, 15) is 34.5 Å². The van der Waals surface area contributed by atoms with Gasteiger partial charge in [-0.15, -0.1) is 0 Å². The second-order valence-corrected chi connectivity index (χ2v) is 16.7. The molecule has 0 aliphatic carbocycles. The molecule has 0 aromatic heterocycles. The highest BCUT2D eigenvalue weighted by Crippen LogP contribution is 2.26. The van der Waals surface area contributed by atoms with Crippen LogP contribution in [0.5, 0.6) is 0 Å². The Labute approximate surface area is 391 Å². The number of hydrogen-bond acceptors (Lipinski definition) is 11. The Bertz CT molecular complexity index is 1410. The molecular formula is C53H86O12. The highest BCUT2D eigenvalue weighted by Gasteiger charge is 2.50. The Kier molecular flexibility index (Phi) is 37.9. The smallest absolute Gasteiger partial charge is 0.335 e. The van der Waals surface area contributed by atoms with E-state index in [4.69, 9.17) is 23.7 Å². The van der Waals surface area contributed by atoms with Gasteiger partial charge in [0.1, 0.15) is 18.8 Å². The van der Waals surface area contributed by atoms with Gasteiger partial charge >= 0.3 is 23.9 Å². The number of allylic oxidation sites excluding steroid dienone is 11. The SMILES string of the molecule is CC/C=C\C/C=C\C/C=C\C/C=C\C/C=C\CC(=O)OC1C(OCC(COC(=O)CCCCCCC/C=C\CCCC)OC(=O)CCCCCCCCCCC)OC(C(=O)O)C(O)C1O. The molecule has 12 nitrogen and oxygen atoms in total. The van der Waals surface area contributed by atoms with Crippen LogP contribution in [0, 0.1) is 0 Å². The molecule has 1 saturated heterocycles. The Morgan fingerprint density at radius 2 is 1.03 bits per heavy atom. The summed E-state index contributed by atoms with van der Waals surface area (Å²) in [6, 6.07) is 0. The van der Waals surface area contributed by atoms with E-state index < -0.39 is 67.3 Å². The fourth-order valence-corrected chi connectivity index (χ4v) is 6.95. The molecule has 6 unspecified atom stereocenters. The van der Waals surface area contributed by atoms with E-state index in [1.807, 2.05) is 12.2 Å². The lowest BCUT2D eigenvalue weighted by atomic mass is 9.98. The summed E-state index contributed by atoms with van der Waals surface area (Å²) >= 11 is 0. The quantitative estimate of drug-likeness (QED) is 0.0230. The predicted molar refractivity (Wildman–Crippen MR) is 257 cm³/mol. The van der Waals surface area contributed by atoms with Crippen LogP contribution in [-0.4, -0.2) is 89.2 Å². The Hall–Kier alpha value is -3.84. The van der Waals surface area contributed by atoms with Crippen molar-refractivity contribution in [1.82, 2.24) is 0 Å². The third kappa shape index (κ3) is 32.5. The number of aliphatic hydroxyl groups excluding tert-OH is 2. The summed E-state index contributed by atoms with van der Waals surface area (Å²) in [5, 5.41) is 31.2. The van der Waals surface area contributed by atoms with Gasteiger partial charge in [0.2, 0.25) is 0 Å². The van der Waals surface area contributed by atoms with Gasteiger partial charge < -0.3 is 39.0 Å². The lowest BCUT2D eigenvalue weighted by Gasteiger charge is -2.40. The highest BCUT2D eigenvalue weighted by atomic mass is 16.7. The van der Waals surface area contributed by atoms with Crippen molar-refractivity contribution < 1.29 is 58.2 Å². The van der Waals surface area contributed by atoms with Crippen molar-refractivity contribution in [3.8, 4) is 0 Å². The minimum absolute atomic E-state index is 0.150. The minimum Gasteiger partial charge on any atom is -0.479 e. The van der Waals surface area contributed by atoms with Crippen molar-refractivity contribution in [1.29, 1.82) is 0 Å². The molecule has 1 fully saturated rings. The zero-order valence-corrected chi connectivity index (χ0v) is 40.2. The fraction of sp³-hybridized carbons (Fsp3) is 0.698. The Balaban J connectivity index is 2.80. The van der Waals surface area contributed by atoms with Crippen molar-refractivity contribution >= 4 is 23.9 Å². The van der Waals surface area contributed by atoms with Gasteiger partial charge in [-0.1, -0.05) is 177 Å². The van der Waals surface area contributed by atoms with Gasteiger partial charge in [-0.2, -0.15) is 0 Å². The molecule has 1 heterocycles. The van der Waals surface area contributed by atoms with E-state index in [-0.39, 0.29) is 25.9 Å². The number of carboxylic acids is 1. The second-order valence-electron chi connectivity index (χ2n) is 16.7. The van der Waals surface area contributed by atoms with E-state index in [1.54, 1.807) is 12.2 Å². The van der Waals surface area contributed by atoms with E-state index in [1.165, 1.54) is 44.9 Å². The largest absolute Gasteiger partial charge is 0.479 e. The maximum Gasteiger partial charge on any atom is 0.335 e. The van der Waals surface area contributed by atoms with Gasteiger partial charge in [0, 0.05) is 12.8 Å². The molecule has 1 aliphatic rings. The predicted octanol–water partition coefficient (Wildman–Crippen LogP) is 11.4. The normalized spacial score (nSPS) is 19.7. The van der Waals surface area contributed by atoms with Crippen LogP contribution >= 0.6 is 0 Å². The molecule has 0 radical (unpaired) electrons. The summed E-state index contributed by atoms with van der Waals surface area (Å²) in [6.45, 7) is 5.72. The summed E-state index contributed by atoms with van der Waals surface area (Å²) in [5.74, 6) is -3.30. The molecule has 6 atom stereocenters. The first-order chi connectivity index (χ1) is 31.6. The zero-order chi connectivity index (χ0) is 47.6. The second kappa shape index (κ2) is 41.6. The average Bonchev–Trinajstić information content (AvgIpc) is 3.29. The van der Waals surface area contributed by atoms with Crippen LogP contribution < -0.4 is 0 Å². The Morgan fingerprint density at radius 3 is 1.58 bits per heavy atom. The molecule has 0 aromatic rings. The first-order valence-electron chi connectivity index (χ1n) is 24.9. The summed E-state index contributed by atoms with van der Waals surface area (Å²) in [6.07, 6.45) is 37.9. The fourth-order valence-electron chi connectivity index (χ4n) is 6.95. The number of aliphatic carboxylic acids is 1. The molecule has 1 rings (SSSR count). The maximum atomic E-state index is 13.0. The molecule has 370 valence electrons. The molecule has 0 saturated carbocycles. The monoisotopic (exact) mass is 915 g/mol. The van der Waals surface area contributed by atoms with Crippen LogP contribution in [0.3, 0.4) is 0 Å². The van der Waals surface area contributed by atoms with Gasteiger partial charge in [0.15, 0.2) is 24.6 Å². The van der Waals surface area contributed by atoms with Gasteiger partial charge in [0.05, 0.1) is 13.0 Å². The lowest BCUT2D eigenvalue weighted by molar-refractivity contribution is -0.301. The minimum atomic E-state index is -1.93. The third-order valence-corrected chi connectivity index (χ3v) is 10.8. The van der Waals surface area contributed by atoms with Gasteiger partial charge in [-0.3, -0.25) is 14.4 Å². The standard InChI is InChI=1S/C53H86O12/c1-4-7-10-13-16-19-21-22-23-24-26-29-32-35-38-41-47(56)64-51-49(58)48(57)50(52(59)60)65-53(51)62-43-44(63-46(55)40-37-34-31-27-18-15-12-9-6-3)42-61-45(54)39-36-33-30-28-25-20-17-14-11-8-5-2/h7,10,14,16-17,19,22-23,26,29,35,38,44,48-51,53,57-58H,4-6,8-9,11-13,15,18,20-21,24-25,27-28,30-34,36-37,39-43H2,1-3H3,(H,59,60)/b10-7-,17-14-,19-16-,23-22-,29-26-,38-35-. The van der Waals surface area contributed by atoms with Crippen molar-refractivity contribution in [2.75, 3.05) is 13.2 Å². The van der Waals surface area contributed by atoms with Crippen molar-refractivity contribution in [3.05, 3.63) is 72.9 Å². The number of rotatable bonds is 40. The summed E-state index contributed by atoms with van der Waals surface area (Å²) in [5.41, 5.74) is 0. The number of aliphatic hydroxyl groups is 2. The van der Waals surface area contributed by atoms with Crippen molar-refractivity contribution in [3.63, 3.8) is 0 Å². The number of esters is 3. The molecule has 0 bridgehead atoms. The van der Waals surface area contributed by atoms with Crippen LogP contribution in [0.15, 0.2) is 72.9 Å². The first kappa shape index (κ1) is 59.2. The zero-order valence-electron chi connectivity index (χ0n) is 40.2. The maximum absolute atomic E-state index is 13.0. The number of carbonyl (C=O) groups excluding carboxylic acids is 3. The van der Waals surface area contributed by atoms with Gasteiger partial charge in [0.25, 0.3) is 0 Å². The van der Waals surface area contributed by atoms with Crippen LogP contribution in [0.1, 0.15) is 188 Å². The number of ether oxygens (including phenoxy) is 5. The average molecular weight is 915 g/mol. The number of hydrogen-bond donors (Lipinski definition) is 3. The van der Waals surface area contributed by atoms with E-state index in [0.717, 1.165) is 83.5 Å². The van der Waals surface area contributed by atoms with Gasteiger partial charge in [-0.05, 0) is 64.2 Å². The van der Waals surface area contributed by atoms with Crippen molar-refractivity contribution in [2.24, 2.45) is 0 Å². The van der Waals surface area contributed by atoms with E-state index >= 15 is 0 Å². The molecule has 0 aromatic carbocycles. The molecular weight excluding hydrogens is 829 g/mol. The summed E-state index contributed by atoms with van der Waals surface area (Å²) < 4.78 is 28.0. The summed E-state index contributed by atoms with van der Waals surface area (Å²) in [7, 11) is 0. The number of unbranched alkanes of at least 4 members (excludes halogenated alkanes) is 15. The molecule has 12 heteroatoms.